The molecule has 1 unspecified atom stereocenters. The number of aryl methyl sites for hydroxylation is 3. The summed E-state index contributed by atoms with van der Waals surface area (Å²) in [4.78, 5) is 14.6. The molecule has 1 fully saturated rings. The highest BCUT2D eigenvalue weighted by Crippen LogP contribution is 2.39. The summed E-state index contributed by atoms with van der Waals surface area (Å²) in [6.45, 7) is 7.03. The number of hydrogen-bond acceptors (Lipinski definition) is 2. The Bertz CT molecular complexity index is 729. The molecule has 0 spiro atoms. The second kappa shape index (κ2) is 6.67. The van der Waals surface area contributed by atoms with Crippen molar-refractivity contribution < 1.29 is 4.79 Å². The molecule has 2 aromatic carbocycles. The first-order valence-corrected chi connectivity index (χ1v) is 8.92. The standard InChI is InChI=1S/C19H22N2OS/c1-13-5-4-6-16(12-13)20-19(22)21-9-10-23-18(21)17-8-7-14(2)11-15(17)3/h4-8,11-12,18H,9-10H2,1-3H3,(H,20,22). The number of nitrogens with zero attached hydrogens (tertiary/aromatic N) is 1. The molecular formula is C19H22N2OS. The summed E-state index contributed by atoms with van der Waals surface area (Å²) in [5.74, 6) is 0.971. The Morgan fingerprint density at radius 1 is 1.13 bits per heavy atom. The minimum Gasteiger partial charge on any atom is -0.308 e. The van der Waals surface area contributed by atoms with Gasteiger partial charge < -0.3 is 10.2 Å². The number of anilines is 1. The molecule has 1 aliphatic rings. The third-order valence-electron chi connectivity index (χ3n) is 4.11. The molecule has 1 saturated heterocycles. The van der Waals surface area contributed by atoms with Crippen molar-refractivity contribution in [2.24, 2.45) is 0 Å². The minimum atomic E-state index is -0.0226. The Hall–Kier alpha value is -1.94. The van der Waals surface area contributed by atoms with Gasteiger partial charge in [-0.3, -0.25) is 0 Å². The summed E-state index contributed by atoms with van der Waals surface area (Å²) in [5.41, 5.74) is 5.73. The number of thioether (sulfide) groups is 1. The lowest BCUT2D eigenvalue weighted by molar-refractivity contribution is 0.214. The van der Waals surface area contributed by atoms with Gasteiger partial charge in [0.25, 0.3) is 0 Å². The summed E-state index contributed by atoms with van der Waals surface area (Å²) < 4.78 is 0. The van der Waals surface area contributed by atoms with E-state index in [2.05, 4.69) is 37.4 Å². The molecule has 3 rings (SSSR count). The van der Waals surface area contributed by atoms with E-state index in [9.17, 15) is 4.79 Å². The second-order valence-corrected chi connectivity index (χ2v) is 7.26. The summed E-state index contributed by atoms with van der Waals surface area (Å²) in [7, 11) is 0. The van der Waals surface area contributed by atoms with Crippen molar-refractivity contribution in [2.75, 3.05) is 17.6 Å². The van der Waals surface area contributed by atoms with Crippen molar-refractivity contribution in [3.63, 3.8) is 0 Å². The summed E-state index contributed by atoms with van der Waals surface area (Å²) in [6.07, 6.45) is 0. The lowest BCUT2D eigenvalue weighted by Gasteiger charge is -2.26. The minimum absolute atomic E-state index is 0.0226. The predicted molar refractivity (Wildman–Crippen MR) is 98.0 cm³/mol. The fourth-order valence-electron chi connectivity index (χ4n) is 2.96. The maximum absolute atomic E-state index is 12.7. The van der Waals surface area contributed by atoms with Crippen LogP contribution in [-0.4, -0.2) is 23.2 Å². The molecule has 2 aromatic rings. The Morgan fingerprint density at radius 3 is 2.65 bits per heavy atom. The number of amides is 2. The number of rotatable bonds is 2. The lowest BCUT2D eigenvalue weighted by atomic mass is 10.1. The maximum atomic E-state index is 12.7. The van der Waals surface area contributed by atoms with E-state index in [-0.39, 0.29) is 11.4 Å². The van der Waals surface area contributed by atoms with Gasteiger partial charge in [0.2, 0.25) is 0 Å². The number of hydrogen-bond donors (Lipinski definition) is 1. The summed E-state index contributed by atoms with van der Waals surface area (Å²) >= 11 is 1.83. The Kier molecular flexibility index (Phi) is 4.62. The quantitative estimate of drug-likeness (QED) is 0.852. The zero-order chi connectivity index (χ0) is 16.4. The number of benzene rings is 2. The Balaban J connectivity index is 1.79. The highest BCUT2D eigenvalue weighted by molar-refractivity contribution is 7.99. The van der Waals surface area contributed by atoms with Crippen molar-refractivity contribution in [3.05, 3.63) is 64.7 Å². The van der Waals surface area contributed by atoms with Crippen LogP contribution < -0.4 is 5.32 Å². The van der Waals surface area contributed by atoms with E-state index in [1.54, 1.807) is 0 Å². The number of urea groups is 1. The van der Waals surface area contributed by atoms with Crippen molar-refractivity contribution >= 4 is 23.5 Å². The van der Waals surface area contributed by atoms with Crippen LogP contribution in [0.1, 0.15) is 27.6 Å². The molecule has 3 nitrogen and oxygen atoms in total. The van der Waals surface area contributed by atoms with Crippen LogP contribution in [0.15, 0.2) is 42.5 Å². The molecule has 0 aliphatic carbocycles. The van der Waals surface area contributed by atoms with Gasteiger partial charge in [0.1, 0.15) is 5.37 Å². The summed E-state index contributed by atoms with van der Waals surface area (Å²) in [5, 5.41) is 3.13. The van der Waals surface area contributed by atoms with E-state index in [0.29, 0.717) is 0 Å². The van der Waals surface area contributed by atoms with Crippen LogP contribution in [-0.2, 0) is 0 Å². The fourth-order valence-corrected chi connectivity index (χ4v) is 4.31. The van der Waals surface area contributed by atoms with Gasteiger partial charge >= 0.3 is 6.03 Å². The number of nitrogens with one attached hydrogen (secondary N) is 1. The molecule has 1 heterocycles. The normalized spacial score (nSPS) is 17.3. The molecule has 0 radical (unpaired) electrons. The van der Waals surface area contributed by atoms with E-state index >= 15 is 0 Å². The first kappa shape index (κ1) is 15.9. The smallest absolute Gasteiger partial charge is 0.308 e. The molecule has 1 aliphatic heterocycles. The third-order valence-corrected chi connectivity index (χ3v) is 5.35. The predicted octanol–water partition coefficient (Wildman–Crippen LogP) is 4.89. The first-order valence-electron chi connectivity index (χ1n) is 7.87. The van der Waals surface area contributed by atoms with Crippen LogP contribution in [0.5, 0.6) is 0 Å². The zero-order valence-electron chi connectivity index (χ0n) is 13.8. The third kappa shape index (κ3) is 3.53. The van der Waals surface area contributed by atoms with Crippen LogP contribution >= 0.6 is 11.8 Å². The second-order valence-electron chi connectivity index (χ2n) is 6.08. The van der Waals surface area contributed by atoms with Gasteiger partial charge in [-0.2, -0.15) is 0 Å². The molecule has 4 heteroatoms. The van der Waals surface area contributed by atoms with Gasteiger partial charge in [-0.15, -0.1) is 11.8 Å². The van der Waals surface area contributed by atoms with Crippen molar-refractivity contribution in [3.8, 4) is 0 Å². The number of carbonyl (C=O) groups is 1. The molecule has 23 heavy (non-hydrogen) atoms. The van der Waals surface area contributed by atoms with Crippen molar-refractivity contribution in [1.29, 1.82) is 0 Å². The molecule has 2 amide bonds. The van der Waals surface area contributed by atoms with Gasteiger partial charge in [-0.25, -0.2) is 4.79 Å². The molecule has 0 aromatic heterocycles. The zero-order valence-corrected chi connectivity index (χ0v) is 14.6. The van der Waals surface area contributed by atoms with Crippen molar-refractivity contribution in [1.82, 2.24) is 4.90 Å². The van der Waals surface area contributed by atoms with Gasteiger partial charge in [0.05, 0.1) is 0 Å². The highest BCUT2D eigenvalue weighted by Gasteiger charge is 2.31. The van der Waals surface area contributed by atoms with E-state index in [1.807, 2.05) is 47.9 Å². The SMILES string of the molecule is Cc1cccc(NC(=O)N2CCSC2c2ccc(C)cc2C)c1. The summed E-state index contributed by atoms with van der Waals surface area (Å²) in [6, 6.07) is 14.4. The maximum Gasteiger partial charge on any atom is 0.323 e. The molecule has 120 valence electrons. The van der Waals surface area contributed by atoms with Crippen molar-refractivity contribution in [2.45, 2.75) is 26.1 Å². The molecule has 1 N–H and O–H groups in total. The topological polar surface area (TPSA) is 32.3 Å². The van der Waals surface area contributed by atoms with Crippen LogP contribution in [0.2, 0.25) is 0 Å². The average molecular weight is 326 g/mol. The largest absolute Gasteiger partial charge is 0.323 e. The Labute approximate surface area is 142 Å². The van der Waals surface area contributed by atoms with Crippen LogP contribution in [0.3, 0.4) is 0 Å². The van der Waals surface area contributed by atoms with E-state index in [1.165, 1.54) is 16.7 Å². The fraction of sp³-hybridized carbons (Fsp3) is 0.316. The van der Waals surface area contributed by atoms with Gasteiger partial charge in [0.15, 0.2) is 0 Å². The molecule has 1 atom stereocenters. The van der Waals surface area contributed by atoms with E-state index in [0.717, 1.165) is 23.5 Å². The molecular weight excluding hydrogens is 304 g/mol. The highest BCUT2D eigenvalue weighted by atomic mass is 32.2. The molecule has 0 saturated carbocycles. The average Bonchev–Trinajstić information content (AvgIpc) is 2.96. The van der Waals surface area contributed by atoms with Crippen LogP contribution in [0.4, 0.5) is 10.5 Å². The molecule has 0 bridgehead atoms. The number of carbonyl (C=O) groups excluding carboxylic acids is 1. The first-order chi connectivity index (χ1) is 11.0. The Morgan fingerprint density at radius 2 is 1.91 bits per heavy atom. The van der Waals surface area contributed by atoms with Gasteiger partial charge in [0, 0.05) is 18.0 Å². The van der Waals surface area contributed by atoms with Gasteiger partial charge in [-0.1, -0.05) is 35.9 Å². The van der Waals surface area contributed by atoms with E-state index in [4.69, 9.17) is 0 Å². The van der Waals surface area contributed by atoms with Crippen LogP contribution in [0.25, 0.3) is 0 Å². The van der Waals surface area contributed by atoms with E-state index < -0.39 is 0 Å². The van der Waals surface area contributed by atoms with Gasteiger partial charge in [-0.05, 0) is 49.6 Å². The van der Waals surface area contributed by atoms with Crippen LogP contribution in [0, 0.1) is 20.8 Å². The monoisotopic (exact) mass is 326 g/mol. The lowest BCUT2D eigenvalue weighted by Crippen LogP contribution is -2.34.